The number of aliphatic carboxylic acids is 1. The molecule has 0 radical (unpaired) electrons. The molecule has 2 rings (SSSR count). The smallest absolute Gasteiger partial charge is 0.307 e. The first-order valence-corrected chi connectivity index (χ1v) is 6.62. The van der Waals surface area contributed by atoms with Crippen LogP contribution in [0.25, 0.3) is 0 Å². The first-order chi connectivity index (χ1) is 9.00. The summed E-state index contributed by atoms with van der Waals surface area (Å²) in [6, 6.07) is 0. The van der Waals surface area contributed by atoms with E-state index < -0.39 is 17.5 Å². The molecule has 0 aromatic carbocycles. The molecule has 0 aliphatic heterocycles. The minimum Gasteiger partial charge on any atom is -0.481 e. The van der Waals surface area contributed by atoms with Crippen molar-refractivity contribution in [3.05, 3.63) is 11.7 Å². The predicted octanol–water partition coefficient (Wildman–Crippen LogP) is 2.31. The monoisotopic (exact) mass is 268 g/mol. The topological polar surface area (TPSA) is 85.5 Å². The molecule has 0 saturated heterocycles. The van der Waals surface area contributed by atoms with Gasteiger partial charge in [0.25, 0.3) is 0 Å². The van der Waals surface area contributed by atoms with Crippen molar-refractivity contribution >= 4 is 5.97 Å². The Labute approximate surface area is 112 Å². The molecular formula is C13H20N2O4. The third-order valence-corrected chi connectivity index (χ3v) is 4.18. The molecule has 1 heterocycles. The van der Waals surface area contributed by atoms with Gasteiger partial charge in [-0.2, -0.15) is 4.98 Å². The van der Waals surface area contributed by atoms with Crippen molar-refractivity contribution in [3.63, 3.8) is 0 Å². The molecule has 106 valence electrons. The van der Waals surface area contributed by atoms with Crippen LogP contribution in [0.3, 0.4) is 0 Å². The Morgan fingerprint density at radius 2 is 2.05 bits per heavy atom. The zero-order chi connectivity index (χ0) is 14.0. The van der Waals surface area contributed by atoms with E-state index in [4.69, 9.17) is 14.4 Å². The van der Waals surface area contributed by atoms with E-state index in [2.05, 4.69) is 10.1 Å². The summed E-state index contributed by atoms with van der Waals surface area (Å²) in [5, 5.41) is 13.0. The van der Waals surface area contributed by atoms with E-state index in [0.717, 1.165) is 25.7 Å². The van der Waals surface area contributed by atoms with E-state index in [9.17, 15) is 4.79 Å². The number of methoxy groups -OCH3 is 1. The number of carbonyl (C=O) groups is 1. The second-order valence-corrected chi connectivity index (χ2v) is 5.28. The molecule has 1 fully saturated rings. The Kier molecular flexibility index (Phi) is 3.89. The zero-order valence-electron chi connectivity index (χ0n) is 11.5. The Morgan fingerprint density at radius 3 is 2.58 bits per heavy atom. The Balaban J connectivity index is 2.21. The molecular weight excluding hydrogens is 248 g/mol. The third-order valence-electron chi connectivity index (χ3n) is 4.18. The van der Waals surface area contributed by atoms with E-state index in [0.29, 0.717) is 11.7 Å². The minimum atomic E-state index is -0.866. The molecule has 0 bridgehead atoms. The highest BCUT2D eigenvalue weighted by atomic mass is 16.5. The fourth-order valence-electron chi connectivity index (χ4n) is 2.50. The van der Waals surface area contributed by atoms with Gasteiger partial charge < -0.3 is 14.4 Å². The lowest BCUT2D eigenvalue weighted by Crippen LogP contribution is -2.26. The maximum Gasteiger partial charge on any atom is 0.307 e. The van der Waals surface area contributed by atoms with Crippen molar-refractivity contribution in [2.24, 2.45) is 5.92 Å². The number of carboxylic acids is 1. The molecule has 2 unspecified atom stereocenters. The molecule has 2 atom stereocenters. The second kappa shape index (κ2) is 5.28. The molecule has 1 aromatic rings. The van der Waals surface area contributed by atoms with Crippen LogP contribution in [0, 0.1) is 5.92 Å². The van der Waals surface area contributed by atoms with Crippen molar-refractivity contribution in [1.82, 2.24) is 10.1 Å². The van der Waals surface area contributed by atoms with E-state index in [1.54, 1.807) is 21.0 Å². The number of nitrogens with zero attached hydrogens (tertiary/aromatic N) is 2. The first kappa shape index (κ1) is 14.0. The van der Waals surface area contributed by atoms with Crippen molar-refractivity contribution in [1.29, 1.82) is 0 Å². The van der Waals surface area contributed by atoms with Crippen LogP contribution in [0.1, 0.15) is 57.2 Å². The second-order valence-electron chi connectivity index (χ2n) is 5.28. The van der Waals surface area contributed by atoms with Crippen LogP contribution in [0.15, 0.2) is 4.52 Å². The third kappa shape index (κ3) is 2.49. The fourth-order valence-corrected chi connectivity index (χ4v) is 2.50. The van der Waals surface area contributed by atoms with Crippen LogP contribution in [0.2, 0.25) is 0 Å². The lowest BCUT2D eigenvalue weighted by molar-refractivity contribution is -0.141. The summed E-state index contributed by atoms with van der Waals surface area (Å²) in [5.74, 6) is -0.820. The molecule has 19 heavy (non-hydrogen) atoms. The zero-order valence-corrected chi connectivity index (χ0v) is 11.5. The summed E-state index contributed by atoms with van der Waals surface area (Å²) in [6.45, 7) is 3.42. The highest BCUT2D eigenvalue weighted by Gasteiger charge is 2.41. The Bertz CT molecular complexity index is 451. The average Bonchev–Trinajstić information content (AvgIpc) is 3.05. The molecule has 0 amide bonds. The van der Waals surface area contributed by atoms with Crippen molar-refractivity contribution in [2.75, 3.05) is 7.11 Å². The van der Waals surface area contributed by atoms with Gasteiger partial charge in [-0.15, -0.1) is 0 Å². The molecule has 1 saturated carbocycles. The number of carboxylic acid groups (broad SMARTS) is 1. The fraction of sp³-hybridized carbons (Fsp3) is 0.769. The number of hydrogen-bond acceptors (Lipinski definition) is 5. The molecule has 1 aliphatic carbocycles. The molecule has 1 aromatic heterocycles. The van der Waals surface area contributed by atoms with Gasteiger partial charge in [0, 0.05) is 13.0 Å². The van der Waals surface area contributed by atoms with Gasteiger partial charge in [0.15, 0.2) is 0 Å². The van der Waals surface area contributed by atoms with Crippen molar-refractivity contribution in [3.8, 4) is 0 Å². The SMILES string of the molecule is COC1(c2noc(C(C)C(C)C(=O)O)n2)CCCC1. The van der Waals surface area contributed by atoms with Gasteiger partial charge in [-0.25, -0.2) is 0 Å². The van der Waals surface area contributed by atoms with Gasteiger partial charge >= 0.3 is 5.97 Å². The van der Waals surface area contributed by atoms with Crippen LogP contribution in [-0.2, 0) is 15.1 Å². The van der Waals surface area contributed by atoms with Crippen LogP contribution in [-0.4, -0.2) is 28.3 Å². The van der Waals surface area contributed by atoms with Crippen molar-refractivity contribution < 1.29 is 19.2 Å². The van der Waals surface area contributed by atoms with Crippen LogP contribution < -0.4 is 0 Å². The number of rotatable bonds is 5. The summed E-state index contributed by atoms with van der Waals surface area (Å²) >= 11 is 0. The molecule has 0 spiro atoms. The predicted molar refractivity (Wildman–Crippen MR) is 66.7 cm³/mol. The van der Waals surface area contributed by atoms with Crippen LogP contribution >= 0.6 is 0 Å². The molecule has 1 N–H and O–H groups in total. The van der Waals surface area contributed by atoms with Gasteiger partial charge in [-0.1, -0.05) is 19.0 Å². The lowest BCUT2D eigenvalue weighted by atomic mass is 9.96. The summed E-state index contributed by atoms with van der Waals surface area (Å²) in [5.41, 5.74) is -0.450. The highest BCUT2D eigenvalue weighted by Crippen LogP contribution is 2.40. The number of aromatic nitrogens is 2. The van der Waals surface area contributed by atoms with Gasteiger partial charge in [0.05, 0.1) is 5.92 Å². The standard InChI is InChI=1S/C13H20N2O4/c1-8(9(2)11(16)17)10-14-12(15-19-10)13(18-3)6-4-5-7-13/h8-9H,4-7H2,1-3H3,(H,16,17). The van der Waals surface area contributed by atoms with E-state index in [1.807, 2.05) is 0 Å². The van der Waals surface area contributed by atoms with E-state index in [1.165, 1.54) is 0 Å². The van der Waals surface area contributed by atoms with Crippen LogP contribution in [0.5, 0.6) is 0 Å². The summed E-state index contributed by atoms with van der Waals surface area (Å²) in [4.78, 5) is 15.4. The largest absolute Gasteiger partial charge is 0.481 e. The average molecular weight is 268 g/mol. The molecule has 1 aliphatic rings. The normalized spacial score (nSPS) is 21.2. The van der Waals surface area contributed by atoms with E-state index >= 15 is 0 Å². The van der Waals surface area contributed by atoms with Crippen LogP contribution in [0.4, 0.5) is 0 Å². The molecule has 6 heteroatoms. The first-order valence-electron chi connectivity index (χ1n) is 6.62. The van der Waals surface area contributed by atoms with E-state index in [-0.39, 0.29) is 5.92 Å². The van der Waals surface area contributed by atoms with Gasteiger partial charge in [-0.3, -0.25) is 4.79 Å². The quantitative estimate of drug-likeness (QED) is 0.882. The summed E-state index contributed by atoms with van der Waals surface area (Å²) in [6.07, 6.45) is 3.92. The number of ether oxygens (including phenoxy) is 1. The van der Waals surface area contributed by atoms with Gasteiger partial charge in [-0.05, 0) is 25.7 Å². The Morgan fingerprint density at radius 1 is 1.42 bits per heavy atom. The highest BCUT2D eigenvalue weighted by molar-refractivity contribution is 5.70. The maximum absolute atomic E-state index is 11.0. The summed E-state index contributed by atoms with van der Waals surface area (Å²) < 4.78 is 10.8. The minimum absolute atomic E-state index is 0.311. The number of hydrogen-bond donors (Lipinski definition) is 1. The maximum atomic E-state index is 11.0. The Hall–Kier alpha value is -1.43. The van der Waals surface area contributed by atoms with Gasteiger partial charge in [0.2, 0.25) is 11.7 Å². The summed E-state index contributed by atoms with van der Waals surface area (Å²) in [7, 11) is 1.66. The lowest BCUT2D eigenvalue weighted by Gasteiger charge is -2.22. The van der Waals surface area contributed by atoms with Gasteiger partial charge in [0.1, 0.15) is 5.60 Å². The van der Waals surface area contributed by atoms with Crippen molar-refractivity contribution in [2.45, 2.75) is 51.0 Å². The molecule has 6 nitrogen and oxygen atoms in total.